The molecule has 0 saturated heterocycles. The average molecular weight is 603 g/mol. The number of ether oxygens (including phenoxy) is 1. The van der Waals surface area contributed by atoms with E-state index in [1.54, 1.807) is 0 Å². The predicted octanol–water partition coefficient (Wildman–Crippen LogP) is 6.44. The monoisotopic (exact) mass is 602 g/mol. The van der Waals surface area contributed by atoms with Gasteiger partial charge < -0.3 is 19.8 Å². The van der Waals surface area contributed by atoms with Gasteiger partial charge in [-0.15, -0.1) is 0 Å². The number of rotatable bonds is 14. The maximum atomic E-state index is 13.4. The highest BCUT2D eigenvalue weighted by molar-refractivity contribution is 6.99. The number of carbonyl (C=O) groups excluding carboxylic acids is 2. The smallest absolute Gasteiger partial charge is 0.329 e. The highest BCUT2D eigenvalue weighted by Gasteiger charge is 2.50. The number of amides is 2. The normalized spacial score (nSPS) is 13.4. The van der Waals surface area contributed by atoms with Crippen LogP contribution in [0.25, 0.3) is 0 Å². The lowest BCUT2D eigenvalue weighted by molar-refractivity contribution is -0.147. The first-order valence-corrected chi connectivity index (χ1v) is 17.4. The van der Waals surface area contributed by atoms with Crippen molar-refractivity contribution in [1.82, 2.24) is 10.6 Å². The summed E-state index contributed by atoms with van der Waals surface area (Å²) in [5.41, 5.74) is 0.904. The minimum absolute atomic E-state index is 0.167. The Morgan fingerprint density at radius 2 is 1.21 bits per heavy atom. The molecule has 2 amide bonds. The molecule has 0 radical (unpaired) electrons. The lowest BCUT2D eigenvalue weighted by Gasteiger charge is -2.43. The number of esters is 1. The summed E-state index contributed by atoms with van der Waals surface area (Å²) in [5, 5.41) is 8.27. The van der Waals surface area contributed by atoms with Crippen LogP contribution in [-0.4, -0.2) is 39.0 Å². The highest BCUT2D eigenvalue weighted by atomic mass is 28.4. The van der Waals surface area contributed by atoms with Crippen LogP contribution in [0.3, 0.4) is 0 Å². The first-order chi connectivity index (χ1) is 20.4. The maximum absolute atomic E-state index is 13.4. The summed E-state index contributed by atoms with van der Waals surface area (Å²) in [6.07, 6.45) is 1.22. The van der Waals surface area contributed by atoms with Crippen LogP contribution in [0.2, 0.25) is 5.04 Å². The van der Waals surface area contributed by atoms with Crippen molar-refractivity contribution in [2.75, 3.05) is 6.61 Å². The second kappa shape index (κ2) is 15.9. The molecule has 0 bridgehead atoms. The van der Waals surface area contributed by atoms with Gasteiger partial charge in [0.2, 0.25) is 0 Å². The van der Waals surface area contributed by atoms with Crippen LogP contribution in [0.4, 0.5) is 4.79 Å². The maximum Gasteiger partial charge on any atom is 0.329 e. The van der Waals surface area contributed by atoms with Crippen molar-refractivity contribution in [3.63, 3.8) is 0 Å². The Morgan fingerprint density at radius 1 is 0.721 bits per heavy atom. The molecule has 0 aliphatic heterocycles. The van der Waals surface area contributed by atoms with Crippen LogP contribution < -0.4 is 21.0 Å². The molecule has 3 aromatic carbocycles. The lowest BCUT2D eigenvalue weighted by Crippen LogP contribution is -2.67. The van der Waals surface area contributed by atoms with Gasteiger partial charge in [-0.3, -0.25) is 0 Å². The van der Waals surface area contributed by atoms with E-state index < -0.39 is 20.3 Å². The molecule has 0 unspecified atom stereocenters. The Kier molecular flexibility index (Phi) is 12.6. The topological polar surface area (TPSA) is 76.7 Å². The highest BCUT2D eigenvalue weighted by Crippen LogP contribution is 2.37. The zero-order valence-corrected chi connectivity index (χ0v) is 27.9. The SMILES string of the molecule is CC(C)C[C@@H](CO[Si](c1ccccc1)(c1ccccc1)C(C)(C)C)NC(=O)N[C@H](CC(C)C)C(=O)OCc1ccccc1. The summed E-state index contributed by atoms with van der Waals surface area (Å²) in [4.78, 5) is 26.4. The molecular weight excluding hydrogens is 552 g/mol. The van der Waals surface area contributed by atoms with Crippen molar-refractivity contribution in [1.29, 1.82) is 0 Å². The van der Waals surface area contributed by atoms with Gasteiger partial charge >= 0.3 is 12.0 Å². The molecule has 0 fully saturated rings. The van der Waals surface area contributed by atoms with E-state index in [-0.39, 0.29) is 29.6 Å². The Morgan fingerprint density at radius 3 is 1.67 bits per heavy atom. The van der Waals surface area contributed by atoms with Crippen LogP contribution in [0, 0.1) is 11.8 Å². The van der Waals surface area contributed by atoms with E-state index in [9.17, 15) is 9.59 Å². The molecule has 0 spiro atoms. The van der Waals surface area contributed by atoms with Gasteiger partial charge in [-0.25, -0.2) is 9.59 Å². The van der Waals surface area contributed by atoms with Crippen LogP contribution in [0.5, 0.6) is 0 Å². The van der Waals surface area contributed by atoms with E-state index in [4.69, 9.17) is 9.16 Å². The van der Waals surface area contributed by atoms with Gasteiger partial charge in [0.1, 0.15) is 12.6 Å². The fourth-order valence-corrected chi connectivity index (χ4v) is 10.2. The summed E-state index contributed by atoms with van der Waals surface area (Å²) in [5.74, 6) is 0.0894. The molecule has 0 heterocycles. The van der Waals surface area contributed by atoms with E-state index in [1.165, 1.54) is 10.4 Å². The van der Waals surface area contributed by atoms with Gasteiger partial charge in [-0.1, -0.05) is 139 Å². The average Bonchev–Trinajstić information content (AvgIpc) is 2.96. The fraction of sp³-hybridized carbons (Fsp3) is 0.444. The lowest BCUT2D eigenvalue weighted by atomic mass is 10.0. The molecule has 0 aliphatic rings. The molecule has 0 aromatic heterocycles. The molecule has 7 heteroatoms. The molecule has 3 aromatic rings. The van der Waals surface area contributed by atoms with Gasteiger partial charge in [0.05, 0.1) is 12.6 Å². The second-order valence-corrected chi connectivity index (χ2v) is 17.5. The molecule has 0 saturated carbocycles. The number of urea groups is 1. The van der Waals surface area contributed by atoms with Crippen molar-refractivity contribution in [2.24, 2.45) is 11.8 Å². The van der Waals surface area contributed by atoms with Gasteiger partial charge in [0, 0.05) is 0 Å². The van der Waals surface area contributed by atoms with Crippen molar-refractivity contribution >= 4 is 30.7 Å². The largest absolute Gasteiger partial charge is 0.459 e. The van der Waals surface area contributed by atoms with E-state index in [0.29, 0.717) is 18.9 Å². The van der Waals surface area contributed by atoms with Crippen LogP contribution in [-0.2, 0) is 20.6 Å². The standard InChI is InChI=1S/C36H50N2O4Si/c1-27(2)23-30(37-35(40)38-33(24-28(3)4)34(39)41-25-29-17-11-8-12-18-29)26-42-43(36(5,6)7,31-19-13-9-14-20-31)32-21-15-10-16-22-32/h8-22,27-28,30,33H,23-26H2,1-7H3,(H2,37,38,40)/t30-,33+/m0/s1. The van der Waals surface area contributed by atoms with E-state index in [0.717, 1.165) is 12.0 Å². The molecular formula is C36H50N2O4Si. The molecule has 0 aliphatic carbocycles. The summed E-state index contributed by atoms with van der Waals surface area (Å²) >= 11 is 0. The minimum atomic E-state index is -2.77. The van der Waals surface area contributed by atoms with Gasteiger partial charge in [-0.05, 0) is 45.7 Å². The number of benzene rings is 3. The molecule has 2 atom stereocenters. The summed E-state index contributed by atoms with van der Waals surface area (Å²) < 4.78 is 12.7. The number of carbonyl (C=O) groups is 2. The summed E-state index contributed by atoms with van der Waals surface area (Å²) in [6.45, 7) is 15.6. The van der Waals surface area contributed by atoms with Crippen molar-refractivity contribution in [2.45, 2.75) is 85.0 Å². The van der Waals surface area contributed by atoms with Gasteiger partial charge in [-0.2, -0.15) is 0 Å². The van der Waals surface area contributed by atoms with E-state index >= 15 is 0 Å². The molecule has 2 N–H and O–H groups in total. The molecule has 43 heavy (non-hydrogen) atoms. The van der Waals surface area contributed by atoms with Gasteiger partial charge in [0.25, 0.3) is 8.32 Å². The van der Waals surface area contributed by atoms with Crippen LogP contribution in [0.1, 0.15) is 66.9 Å². The van der Waals surface area contributed by atoms with Crippen LogP contribution in [0.15, 0.2) is 91.0 Å². The zero-order valence-electron chi connectivity index (χ0n) is 26.9. The predicted molar refractivity (Wildman–Crippen MR) is 178 cm³/mol. The second-order valence-electron chi connectivity index (χ2n) is 13.2. The van der Waals surface area contributed by atoms with Crippen LogP contribution >= 0.6 is 0 Å². The summed E-state index contributed by atoms with van der Waals surface area (Å²) in [7, 11) is -2.77. The third-order valence-corrected chi connectivity index (χ3v) is 12.5. The molecule has 6 nitrogen and oxygen atoms in total. The molecule has 232 valence electrons. The number of hydrogen-bond acceptors (Lipinski definition) is 4. The fourth-order valence-electron chi connectivity index (χ4n) is 5.62. The number of hydrogen-bond donors (Lipinski definition) is 2. The van der Waals surface area contributed by atoms with E-state index in [1.807, 2.05) is 56.3 Å². The Bertz CT molecular complexity index is 1220. The zero-order chi connectivity index (χ0) is 31.5. The number of nitrogens with one attached hydrogen (secondary N) is 2. The Hall–Kier alpha value is -3.42. The van der Waals surface area contributed by atoms with E-state index in [2.05, 4.69) is 93.8 Å². The minimum Gasteiger partial charge on any atom is -0.459 e. The molecule has 3 rings (SSSR count). The van der Waals surface area contributed by atoms with Crippen molar-refractivity contribution in [3.8, 4) is 0 Å². The quantitative estimate of drug-likeness (QED) is 0.165. The third kappa shape index (κ3) is 9.80. The Labute approximate surface area is 259 Å². The summed E-state index contributed by atoms with van der Waals surface area (Å²) in [6, 6.07) is 29.2. The first kappa shape index (κ1) is 34.1. The Balaban J connectivity index is 1.80. The first-order valence-electron chi connectivity index (χ1n) is 15.4. The van der Waals surface area contributed by atoms with Gasteiger partial charge in [0.15, 0.2) is 0 Å². The van der Waals surface area contributed by atoms with Crippen molar-refractivity contribution < 1.29 is 18.8 Å². The van der Waals surface area contributed by atoms with Crippen molar-refractivity contribution in [3.05, 3.63) is 96.6 Å². The third-order valence-electron chi connectivity index (χ3n) is 7.53.